The van der Waals surface area contributed by atoms with Crippen molar-refractivity contribution in [3.05, 3.63) is 113 Å². The van der Waals surface area contributed by atoms with E-state index in [0.717, 1.165) is 9.87 Å². The lowest BCUT2D eigenvalue weighted by molar-refractivity contribution is 0.102. The van der Waals surface area contributed by atoms with Gasteiger partial charge in [-0.1, -0.05) is 48.0 Å². The van der Waals surface area contributed by atoms with Crippen molar-refractivity contribution in [2.24, 2.45) is 0 Å². The lowest BCUT2D eigenvalue weighted by Crippen LogP contribution is -2.29. The predicted molar refractivity (Wildman–Crippen MR) is 150 cm³/mol. The first kappa shape index (κ1) is 27.2. The van der Waals surface area contributed by atoms with Gasteiger partial charge in [-0.05, 0) is 73.2 Å². The summed E-state index contributed by atoms with van der Waals surface area (Å²) in [6.45, 7) is 1.81. The van der Waals surface area contributed by atoms with E-state index in [1.807, 2.05) is 6.92 Å². The van der Waals surface area contributed by atoms with Gasteiger partial charge >= 0.3 is 0 Å². The quantitative estimate of drug-likeness (QED) is 0.290. The van der Waals surface area contributed by atoms with Crippen LogP contribution in [-0.2, 0) is 20.0 Å². The Morgan fingerprint density at radius 2 is 1.37 bits per heavy atom. The zero-order valence-electron chi connectivity index (χ0n) is 20.4. The maximum atomic E-state index is 13.1. The predicted octanol–water partition coefficient (Wildman–Crippen LogP) is 5.53. The topological polar surface area (TPSA) is 113 Å². The summed E-state index contributed by atoms with van der Waals surface area (Å²) in [6, 6.07) is 24.7. The number of anilines is 3. The molecule has 0 spiro atoms. The second kappa shape index (κ2) is 10.9. The molecule has 0 aliphatic carbocycles. The highest BCUT2D eigenvalue weighted by Gasteiger charge is 2.25. The number of hydrogen-bond acceptors (Lipinski definition) is 5. The van der Waals surface area contributed by atoms with Crippen LogP contribution in [0.2, 0.25) is 5.02 Å². The molecule has 0 aliphatic rings. The van der Waals surface area contributed by atoms with Crippen LogP contribution in [0.3, 0.4) is 0 Å². The normalized spacial score (nSPS) is 11.6. The van der Waals surface area contributed by atoms with Gasteiger partial charge in [-0.3, -0.25) is 13.8 Å². The molecular weight excluding hydrogens is 546 g/mol. The van der Waals surface area contributed by atoms with E-state index in [1.165, 1.54) is 61.6 Å². The Bertz CT molecular complexity index is 1690. The highest BCUT2D eigenvalue weighted by Crippen LogP contribution is 2.27. The lowest BCUT2D eigenvalue weighted by Gasteiger charge is -2.22. The molecule has 8 nitrogen and oxygen atoms in total. The Hall–Kier alpha value is -3.86. The van der Waals surface area contributed by atoms with Crippen LogP contribution in [0, 0.1) is 6.92 Å². The van der Waals surface area contributed by atoms with E-state index >= 15 is 0 Å². The van der Waals surface area contributed by atoms with E-state index in [-0.39, 0.29) is 21.0 Å². The Kier molecular flexibility index (Phi) is 7.77. The van der Waals surface area contributed by atoms with Gasteiger partial charge in [-0.15, -0.1) is 0 Å². The summed E-state index contributed by atoms with van der Waals surface area (Å²) < 4.78 is 55.3. The molecule has 4 rings (SSSR count). The number of nitrogens with one attached hydrogen (secondary N) is 2. The molecule has 0 fully saturated rings. The van der Waals surface area contributed by atoms with E-state index in [9.17, 15) is 21.6 Å². The average Bonchev–Trinajstić information content (AvgIpc) is 2.91. The summed E-state index contributed by atoms with van der Waals surface area (Å²) in [4.78, 5) is 13.2. The first-order valence-corrected chi connectivity index (χ1v) is 14.6. The van der Waals surface area contributed by atoms with Gasteiger partial charge in [0.05, 0.1) is 26.7 Å². The minimum atomic E-state index is -3.90. The molecule has 0 bridgehead atoms. The second-order valence-electron chi connectivity index (χ2n) is 8.35. The first-order valence-electron chi connectivity index (χ1n) is 11.3. The van der Waals surface area contributed by atoms with Gasteiger partial charge in [0.2, 0.25) is 0 Å². The fourth-order valence-corrected chi connectivity index (χ4v) is 6.07. The number of benzene rings is 4. The van der Waals surface area contributed by atoms with E-state index in [0.29, 0.717) is 16.4 Å². The molecule has 0 saturated heterocycles. The number of rotatable bonds is 8. The van der Waals surface area contributed by atoms with Gasteiger partial charge < -0.3 is 5.32 Å². The van der Waals surface area contributed by atoms with Crippen LogP contribution < -0.4 is 14.3 Å². The van der Waals surface area contributed by atoms with E-state index in [2.05, 4.69) is 10.0 Å². The Balaban J connectivity index is 1.53. The zero-order valence-corrected chi connectivity index (χ0v) is 22.8. The number of halogens is 1. The average molecular weight is 570 g/mol. The summed E-state index contributed by atoms with van der Waals surface area (Å²) in [7, 11) is -6.42. The van der Waals surface area contributed by atoms with Gasteiger partial charge in [0, 0.05) is 17.8 Å². The Morgan fingerprint density at radius 3 is 2.03 bits per heavy atom. The minimum absolute atomic E-state index is 0.0127. The van der Waals surface area contributed by atoms with Crippen molar-refractivity contribution in [2.75, 3.05) is 21.4 Å². The number of carbonyl (C=O) groups is 1. The van der Waals surface area contributed by atoms with Crippen LogP contribution in [0.15, 0.2) is 107 Å². The van der Waals surface area contributed by atoms with Crippen LogP contribution in [0.1, 0.15) is 15.9 Å². The monoisotopic (exact) mass is 569 g/mol. The van der Waals surface area contributed by atoms with Crippen molar-refractivity contribution >= 4 is 54.6 Å². The molecule has 1 amide bonds. The van der Waals surface area contributed by atoms with E-state index in [4.69, 9.17) is 11.6 Å². The maximum Gasteiger partial charge on any atom is 0.264 e. The molecule has 11 heteroatoms. The molecule has 0 atom stereocenters. The molecule has 0 unspecified atom stereocenters. The summed E-state index contributed by atoms with van der Waals surface area (Å²) in [5.41, 5.74) is 1.79. The molecule has 0 aliphatic heterocycles. The molecule has 2 N–H and O–H groups in total. The van der Waals surface area contributed by atoms with Crippen molar-refractivity contribution in [3.8, 4) is 0 Å². The molecule has 0 saturated carbocycles. The highest BCUT2D eigenvalue weighted by atomic mass is 35.5. The van der Waals surface area contributed by atoms with Crippen molar-refractivity contribution in [1.29, 1.82) is 0 Å². The molecule has 4 aromatic carbocycles. The van der Waals surface area contributed by atoms with Gasteiger partial charge in [0.1, 0.15) is 0 Å². The largest absolute Gasteiger partial charge is 0.322 e. The summed E-state index contributed by atoms with van der Waals surface area (Å²) in [6.07, 6.45) is 0. The molecule has 0 aromatic heterocycles. The van der Waals surface area contributed by atoms with Crippen molar-refractivity contribution in [1.82, 2.24) is 0 Å². The van der Waals surface area contributed by atoms with Gasteiger partial charge in [0.25, 0.3) is 26.0 Å². The standard InChI is InChI=1S/C27H24ClN3O5S2/c1-19-12-13-21(18-25(19)28)30-37(33,34)22-16-14-20(15-17-22)29-27(32)24-10-6-7-11-26(24)31(2)38(35,36)23-8-4-3-5-9-23/h3-18,30H,1-2H3,(H,29,32). The smallest absolute Gasteiger partial charge is 0.264 e. The molecule has 0 radical (unpaired) electrons. The summed E-state index contributed by atoms with van der Waals surface area (Å²) in [5.74, 6) is -0.557. The van der Waals surface area contributed by atoms with E-state index < -0.39 is 26.0 Å². The summed E-state index contributed by atoms with van der Waals surface area (Å²) in [5, 5.41) is 3.13. The fraction of sp³-hybridized carbons (Fsp3) is 0.0741. The SMILES string of the molecule is Cc1ccc(NS(=O)(=O)c2ccc(NC(=O)c3ccccc3N(C)S(=O)(=O)c3ccccc3)cc2)cc1Cl. The molecular formula is C27H24ClN3O5S2. The summed E-state index contributed by atoms with van der Waals surface area (Å²) >= 11 is 6.08. The molecule has 196 valence electrons. The number of amides is 1. The molecule has 38 heavy (non-hydrogen) atoms. The lowest BCUT2D eigenvalue weighted by atomic mass is 10.1. The minimum Gasteiger partial charge on any atom is -0.322 e. The van der Waals surface area contributed by atoms with Gasteiger partial charge in [-0.25, -0.2) is 16.8 Å². The number of para-hydroxylation sites is 1. The van der Waals surface area contributed by atoms with Crippen LogP contribution >= 0.6 is 11.6 Å². The first-order chi connectivity index (χ1) is 18.0. The molecule has 4 aromatic rings. The van der Waals surface area contributed by atoms with E-state index in [1.54, 1.807) is 42.5 Å². The van der Waals surface area contributed by atoms with Crippen molar-refractivity contribution < 1.29 is 21.6 Å². The third-order valence-corrected chi connectivity index (χ3v) is 9.33. The molecule has 0 heterocycles. The van der Waals surface area contributed by atoms with Gasteiger partial charge in [-0.2, -0.15) is 0 Å². The Labute approximate surface area is 227 Å². The highest BCUT2D eigenvalue weighted by molar-refractivity contribution is 7.93. The zero-order chi connectivity index (χ0) is 27.5. The van der Waals surface area contributed by atoms with Crippen molar-refractivity contribution in [3.63, 3.8) is 0 Å². The van der Waals surface area contributed by atoms with Crippen LogP contribution in [0.5, 0.6) is 0 Å². The number of carbonyl (C=O) groups excluding carboxylic acids is 1. The van der Waals surface area contributed by atoms with Gasteiger partial charge in [0.15, 0.2) is 0 Å². The number of aryl methyl sites for hydroxylation is 1. The van der Waals surface area contributed by atoms with Crippen LogP contribution in [0.25, 0.3) is 0 Å². The number of nitrogens with zero attached hydrogens (tertiary/aromatic N) is 1. The second-order valence-corrected chi connectivity index (χ2v) is 12.4. The van der Waals surface area contributed by atoms with Crippen LogP contribution in [-0.4, -0.2) is 29.8 Å². The van der Waals surface area contributed by atoms with Crippen molar-refractivity contribution in [2.45, 2.75) is 16.7 Å². The third-order valence-electron chi connectivity index (χ3n) is 5.74. The van der Waals surface area contributed by atoms with Crippen LogP contribution in [0.4, 0.5) is 17.1 Å². The maximum absolute atomic E-state index is 13.1. The number of hydrogen-bond donors (Lipinski definition) is 2. The Morgan fingerprint density at radius 1 is 0.763 bits per heavy atom. The third kappa shape index (κ3) is 5.83. The fourth-order valence-electron chi connectivity index (χ4n) is 3.61. The number of sulfonamides is 2.